The van der Waals surface area contributed by atoms with Gasteiger partial charge < -0.3 is 9.52 Å². The van der Waals surface area contributed by atoms with E-state index in [0.717, 1.165) is 4.90 Å². The first-order valence-corrected chi connectivity index (χ1v) is 10.2. The van der Waals surface area contributed by atoms with E-state index >= 15 is 0 Å². The van der Waals surface area contributed by atoms with Gasteiger partial charge in [0.1, 0.15) is 17.1 Å². The van der Waals surface area contributed by atoms with Gasteiger partial charge in [0, 0.05) is 11.1 Å². The van der Waals surface area contributed by atoms with E-state index in [1.54, 1.807) is 0 Å². The third kappa shape index (κ3) is 4.29. The molecule has 4 rings (SSSR count). The summed E-state index contributed by atoms with van der Waals surface area (Å²) in [7, 11) is 0. The summed E-state index contributed by atoms with van der Waals surface area (Å²) in [5, 5.41) is 22.9. The SMILES string of the molecule is O=C1NC(=S)N(c2cccc(C(=O)O)c2)C(=O)C1=Cc1ccc(-c2ccc(Cl)cc2[N+](=O)[O-])o1. The molecule has 1 saturated heterocycles. The zero-order chi connectivity index (χ0) is 24.6. The van der Waals surface area contributed by atoms with Crippen LogP contribution in [-0.4, -0.2) is 32.9 Å². The van der Waals surface area contributed by atoms with Crippen molar-refractivity contribution in [1.29, 1.82) is 0 Å². The molecule has 10 nitrogen and oxygen atoms in total. The number of anilines is 1. The van der Waals surface area contributed by atoms with Gasteiger partial charge in [-0.15, -0.1) is 0 Å². The second-order valence-electron chi connectivity index (χ2n) is 6.93. The third-order valence-electron chi connectivity index (χ3n) is 4.79. The average molecular weight is 498 g/mol. The first kappa shape index (κ1) is 22.8. The highest BCUT2D eigenvalue weighted by Gasteiger charge is 2.35. The van der Waals surface area contributed by atoms with Gasteiger partial charge in [-0.25, -0.2) is 4.79 Å². The standard InChI is InChI=1S/C22H12ClN3O7S/c23-12-4-6-15(17(9-12)26(31)32)18-7-5-14(33-18)10-16-19(27)24-22(34)25(20(16)28)13-3-1-2-11(8-13)21(29)30/h1-10H,(H,29,30)(H,24,27,34). The summed E-state index contributed by atoms with van der Waals surface area (Å²) in [6.07, 6.45) is 1.17. The van der Waals surface area contributed by atoms with Crippen LogP contribution in [0, 0.1) is 10.1 Å². The van der Waals surface area contributed by atoms with Gasteiger partial charge in [-0.2, -0.15) is 0 Å². The molecule has 3 aromatic rings. The number of nitro groups is 1. The smallest absolute Gasteiger partial charge is 0.335 e. The molecular weight excluding hydrogens is 486 g/mol. The van der Waals surface area contributed by atoms with Crippen LogP contribution in [-0.2, 0) is 9.59 Å². The van der Waals surface area contributed by atoms with Gasteiger partial charge >= 0.3 is 5.97 Å². The normalized spacial score (nSPS) is 14.9. The Morgan fingerprint density at radius 1 is 1.18 bits per heavy atom. The molecule has 0 saturated carbocycles. The van der Waals surface area contributed by atoms with Crippen LogP contribution < -0.4 is 10.2 Å². The Kier molecular flexibility index (Phi) is 5.97. The number of carboxylic acid groups (broad SMARTS) is 1. The second kappa shape index (κ2) is 8.89. The Hall–Kier alpha value is -4.35. The number of carbonyl (C=O) groups is 3. The van der Waals surface area contributed by atoms with Crippen LogP contribution in [0.2, 0.25) is 5.02 Å². The van der Waals surface area contributed by atoms with Crippen molar-refractivity contribution in [1.82, 2.24) is 5.32 Å². The van der Waals surface area contributed by atoms with E-state index < -0.39 is 22.7 Å². The number of furan rings is 1. The Bertz CT molecular complexity index is 1430. The zero-order valence-corrected chi connectivity index (χ0v) is 18.4. The molecule has 0 spiro atoms. The summed E-state index contributed by atoms with van der Waals surface area (Å²) < 4.78 is 5.63. The molecule has 170 valence electrons. The number of nitro benzene ring substituents is 1. The van der Waals surface area contributed by atoms with Crippen molar-refractivity contribution in [2.45, 2.75) is 0 Å². The Morgan fingerprint density at radius 3 is 2.65 bits per heavy atom. The summed E-state index contributed by atoms with van der Waals surface area (Å²) in [6, 6.07) is 12.4. The molecule has 1 fully saturated rings. The third-order valence-corrected chi connectivity index (χ3v) is 5.31. The Morgan fingerprint density at radius 2 is 1.94 bits per heavy atom. The van der Waals surface area contributed by atoms with Crippen molar-refractivity contribution in [2.24, 2.45) is 0 Å². The van der Waals surface area contributed by atoms with Crippen LogP contribution in [0.4, 0.5) is 11.4 Å². The van der Waals surface area contributed by atoms with Crippen molar-refractivity contribution in [2.75, 3.05) is 4.90 Å². The zero-order valence-electron chi connectivity index (χ0n) is 16.9. The summed E-state index contributed by atoms with van der Waals surface area (Å²) in [5.41, 5.74) is -0.372. The number of amides is 2. The highest BCUT2D eigenvalue weighted by molar-refractivity contribution is 7.80. The number of carbonyl (C=O) groups excluding carboxylic acids is 2. The lowest BCUT2D eigenvalue weighted by Crippen LogP contribution is -2.54. The lowest BCUT2D eigenvalue weighted by molar-refractivity contribution is -0.384. The molecule has 2 aromatic carbocycles. The fourth-order valence-corrected chi connectivity index (χ4v) is 3.70. The maximum absolute atomic E-state index is 13.1. The van der Waals surface area contributed by atoms with Gasteiger partial charge in [-0.1, -0.05) is 17.7 Å². The van der Waals surface area contributed by atoms with E-state index in [1.807, 2.05) is 0 Å². The van der Waals surface area contributed by atoms with Crippen LogP contribution in [0.5, 0.6) is 0 Å². The molecule has 0 atom stereocenters. The number of hydrogen-bond acceptors (Lipinski definition) is 7. The molecule has 0 unspecified atom stereocenters. The highest BCUT2D eigenvalue weighted by atomic mass is 35.5. The molecule has 0 aliphatic carbocycles. The predicted octanol–water partition coefficient (Wildman–Crippen LogP) is 4.04. The van der Waals surface area contributed by atoms with E-state index in [9.17, 15) is 29.6 Å². The number of carboxylic acids is 1. The van der Waals surface area contributed by atoms with Gasteiger partial charge in [0.05, 0.1) is 21.7 Å². The number of nitrogens with zero attached hydrogens (tertiary/aromatic N) is 2. The first-order valence-electron chi connectivity index (χ1n) is 9.44. The first-order chi connectivity index (χ1) is 16.2. The molecular formula is C22H12ClN3O7S. The topological polar surface area (TPSA) is 143 Å². The maximum Gasteiger partial charge on any atom is 0.335 e. The fourth-order valence-electron chi connectivity index (χ4n) is 3.25. The van der Waals surface area contributed by atoms with Crippen molar-refractivity contribution < 1.29 is 28.8 Å². The molecule has 12 heteroatoms. The summed E-state index contributed by atoms with van der Waals surface area (Å²) in [4.78, 5) is 48.6. The largest absolute Gasteiger partial charge is 0.478 e. The molecule has 0 bridgehead atoms. The summed E-state index contributed by atoms with van der Waals surface area (Å²) in [6.45, 7) is 0. The van der Waals surface area contributed by atoms with Crippen LogP contribution >= 0.6 is 23.8 Å². The average Bonchev–Trinajstić information content (AvgIpc) is 3.25. The molecule has 0 radical (unpaired) electrons. The maximum atomic E-state index is 13.1. The van der Waals surface area contributed by atoms with Crippen molar-refractivity contribution in [3.8, 4) is 11.3 Å². The van der Waals surface area contributed by atoms with Crippen LogP contribution in [0.1, 0.15) is 16.1 Å². The van der Waals surface area contributed by atoms with Gasteiger partial charge in [-0.3, -0.25) is 29.9 Å². The molecule has 34 heavy (non-hydrogen) atoms. The number of benzene rings is 2. The Balaban J connectivity index is 1.71. The summed E-state index contributed by atoms with van der Waals surface area (Å²) in [5.74, 6) is -2.58. The van der Waals surface area contributed by atoms with Gasteiger partial charge in [-0.05, 0) is 60.8 Å². The van der Waals surface area contributed by atoms with E-state index in [4.69, 9.17) is 28.2 Å². The number of hydrogen-bond donors (Lipinski definition) is 2. The van der Waals surface area contributed by atoms with Gasteiger partial charge in [0.15, 0.2) is 5.11 Å². The number of thiocarbonyl (C=S) groups is 1. The molecule has 2 amide bonds. The minimum atomic E-state index is -1.20. The number of aromatic carboxylic acids is 1. The molecule has 1 aliphatic rings. The quantitative estimate of drug-likeness (QED) is 0.177. The van der Waals surface area contributed by atoms with Crippen LogP contribution in [0.3, 0.4) is 0 Å². The second-order valence-corrected chi connectivity index (χ2v) is 7.76. The fraction of sp³-hybridized carbons (Fsp3) is 0. The van der Waals surface area contributed by atoms with Gasteiger partial charge in [0.25, 0.3) is 17.5 Å². The van der Waals surface area contributed by atoms with E-state index in [2.05, 4.69) is 5.32 Å². The number of rotatable bonds is 5. The molecule has 1 aliphatic heterocycles. The molecule has 2 N–H and O–H groups in total. The van der Waals surface area contributed by atoms with Crippen molar-refractivity contribution in [3.63, 3.8) is 0 Å². The van der Waals surface area contributed by atoms with Gasteiger partial charge in [0.2, 0.25) is 0 Å². The number of halogens is 1. The minimum Gasteiger partial charge on any atom is -0.478 e. The van der Waals surface area contributed by atoms with E-state index in [0.29, 0.717) is 0 Å². The van der Waals surface area contributed by atoms with Crippen molar-refractivity contribution in [3.05, 3.63) is 86.6 Å². The van der Waals surface area contributed by atoms with E-state index in [-0.39, 0.29) is 49.7 Å². The summed E-state index contributed by atoms with van der Waals surface area (Å²) >= 11 is 11.0. The predicted molar refractivity (Wildman–Crippen MR) is 125 cm³/mol. The van der Waals surface area contributed by atoms with Crippen LogP contribution in [0.15, 0.2) is 64.6 Å². The Labute approximate surface area is 201 Å². The van der Waals surface area contributed by atoms with E-state index in [1.165, 1.54) is 60.7 Å². The lowest BCUT2D eigenvalue weighted by Gasteiger charge is -2.28. The van der Waals surface area contributed by atoms with Crippen molar-refractivity contribution >= 4 is 64.2 Å². The highest BCUT2D eigenvalue weighted by Crippen LogP contribution is 2.34. The lowest BCUT2D eigenvalue weighted by atomic mass is 10.1. The monoisotopic (exact) mass is 497 g/mol. The number of nitrogens with one attached hydrogen (secondary N) is 1. The minimum absolute atomic E-state index is 0.0734. The van der Waals surface area contributed by atoms with Crippen LogP contribution in [0.25, 0.3) is 17.4 Å². The molecule has 1 aromatic heterocycles. The molecule has 2 heterocycles.